The van der Waals surface area contributed by atoms with E-state index in [1.807, 2.05) is 42.5 Å². The summed E-state index contributed by atoms with van der Waals surface area (Å²) >= 11 is 0. The molecule has 0 aliphatic rings. The highest BCUT2D eigenvalue weighted by Crippen LogP contribution is 2.39. The van der Waals surface area contributed by atoms with Gasteiger partial charge in [0.2, 0.25) is 0 Å². The highest BCUT2D eigenvalue weighted by Gasteiger charge is 2.27. The van der Waals surface area contributed by atoms with Crippen molar-refractivity contribution in [1.29, 1.82) is 0 Å². The summed E-state index contributed by atoms with van der Waals surface area (Å²) in [6.45, 7) is 0. The summed E-state index contributed by atoms with van der Waals surface area (Å²) in [6.07, 6.45) is 1.17. The standard InChI is InChI=1S/C20H13N3O4/c24-23(25)18-19(26-15-9-2-1-3-10-15)21-13-22-20(18)27-17-12-6-8-14-7-4-5-11-16(14)17/h1-13H. The summed E-state index contributed by atoms with van der Waals surface area (Å²) in [6, 6.07) is 21.7. The van der Waals surface area contributed by atoms with Gasteiger partial charge in [0.1, 0.15) is 17.8 Å². The molecule has 4 rings (SSSR count). The molecule has 0 aliphatic carbocycles. The van der Waals surface area contributed by atoms with Gasteiger partial charge in [-0.2, -0.15) is 9.97 Å². The molecule has 0 bridgehead atoms. The number of aromatic nitrogens is 2. The topological polar surface area (TPSA) is 87.4 Å². The number of nitrogens with zero attached hydrogens (tertiary/aromatic N) is 3. The Morgan fingerprint density at radius 3 is 2.22 bits per heavy atom. The van der Waals surface area contributed by atoms with Crippen LogP contribution in [0.15, 0.2) is 79.1 Å². The summed E-state index contributed by atoms with van der Waals surface area (Å²) in [5.41, 5.74) is -0.436. The van der Waals surface area contributed by atoms with Crippen molar-refractivity contribution in [3.63, 3.8) is 0 Å². The SMILES string of the molecule is O=[N+]([O-])c1c(Oc2ccccc2)ncnc1Oc1cccc2ccccc12. The van der Waals surface area contributed by atoms with E-state index in [2.05, 4.69) is 9.97 Å². The molecule has 7 heteroatoms. The van der Waals surface area contributed by atoms with E-state index < -0.39 is 10.6 Å². The van der Waals surface area contributed by atoms with Gasteiger partial charge >= 0.3 is 17.4 Å². The zero-order valence-corrected chi connectivity index (χ0v) is 14.0. The molecule has 4 aromatic rings. The van der Waals surface area contributed by atoms with Crippen molar-refractivity contribution < 1.29 is 14.4 Å². The van der Waals surface area contributed by atoms with Gasteiger partial charge in [0.05, 0.1) is 4.92 Å². The molecule has 0 unspecified atom stereocenters. The van der Waals surface area contributed by atoms with Crippen molar-refractivity contribution in [3.8, 4) is 23.3 Å². The molecular formula is C20H13N3O4. The molecule has 0 saturated heterocycles. The second-order valence-electron chi connectivity index (χ2n) is 5.58. The first kappa shape index (κ1) is 16.5. The largest absolute Gasteiger partial charge is 0.433 e. The van der Waals surface area contributed by atoms with Crippen molar-refractivity contribution in [3.05, 3.63) is 89.2 Å². The van der Waals surface area contributed by atoms with E-state index in [9.17, 15) is 10.1 Å². The number of nitro groups is 1. The van der Waals surface area contributed by atoms with Crippen molar-refractivity contribution in [2.24, 2.45) is 0 Å². The maximum absolute atomic E-state index is 11.7. The van der Waals surface area contributed by atoms with Crippen LogP contribution in [-0.4, -0.2) is 14.9 Å². The van der Waals surface area contributed by atoms with Gasteiger partial charge in [-0.25, -0.2) is 0 Å². The van der Waals surface area contributed by atoms with Crippen molar-refractivity contribution in [2.75, 3.05) is 0 Å². The second kappa shape index (κ2) is 7.09. The first-order valence-corrected chi connectivity index (χ1v) is 8.10. The van der Waals surface area contributed by atoms with Gasteiger partial charge in [-0.05, 0) is 23.6 Å². The van der Waals surface area contributed by atoms with Crippen LogP contribution in [0.3, 0.4) is 0 Å². The molecule has 3 aromatic carbocycles. The third-order valence-electron chi connectivity index (χ3n) is 3.85. The fourth-order valence-corrected chi connectivity index (χ4v) is 2.64. The molecule has 132 valence electrons. The number of rotatable bonds is 5. The zero-order chi connectivity index (χ0) is 18.6. The summed E-state index contributed by atoms with van der Waals surface area (Å²) in [5, 5.41) is 13.4. The lowest BCUT2D eigenvalue weighted by Gasteiger charge is -2.10. The smallest absolute Gasteiger partial charge is 0.393 e. The van der Waals surface area contributed by atoms with Crippen molar-refractivity contribution in [1.82, 2.24) is 9.97 Å². The Kier molecular flexibility index (Phi) is 4.32. The van der Waals surface area contributed by atoms with E-state index >= 15 is 0 Å². The number of fused-ring (bicyclic) bond motifs is 1. The van der Waals surface area contributed by atoms with Gasteiger partial charge in [-0.3, -0.25) is 10.1 Å². The van der Waals surface area contributed by atoms with Crippen LogP contribution in [0.1, 0.15) is 0 Å². The van der Waals surface area contributed by atoms with E-state index in [4.69, 9.17) is 9.47 Å². The molecule has 0 atom stereocenters. The molecule has 0 fully saturated rings. The van der Waals surface area contributed by atoms with Crippen LogP contribution in [0.25, 0.3) is 10.8 Å². The number of para-hydroxylation sites is 1. The van der Waals surface area contributed by atoms with Gasteiger partial charge < -0.3 is 9.47 Å². The Labute approximate surface area is 154 Å². The van der Waals surface area contributed by atoms with E-state index in [-0.39, 0.29) is 11.8 Å². The maximum Gasteiger partial charge on any atom is 0.393 e. The molecule has 0 amide bonds. The van der Waals surface area contributed by atoms with Crippen molar-refractivity contribution in [2.45, 2.75) is 0 Å². The Bertz CT molecular complexity index is 1110. The number of benzene rings is 3. The summed E-state index contributed by atoms with van der Waals surface area (Å²) in [7, 11) is 0. The van der Waals surface area contributed by atoms with Crippen molar-refractivity contribution >= 4 is 16.5 Å². The average Bonchev–Trinajstić information content (AvgIpc) is 2.69. The zero-order valence-electron chi connectivity index (χ0n) is 14.0. The molecule has 0 N–H and O–H groups in total. The van der Waals surface area contributed by atoms with E-state index in [0.717, 1.165) is 10.8 Å². The van der Waals surface area contributed by atoms with Crippen LogP contribution in [0.4, 0.5) is 5.69 Å². The molecule has 1 heterocycles. The van der Waals surface area contributed by atoms with Crippen LogP contribution < -0.4 is 9.47 Å². The number of hydrogen-bond acceptors (Lipinski definition) is 6. The van der Waals surface area contributed by atoms with Gasteiger partial charge in [0, 0.05) is 5.39 Å². The summed E-state index contributed by atoms with van der Waals surface area (Å²) < 4.78 is 11.4. The quantitative estimate of drug-likeness (QED) is 0.363. The molecule has 27 heavy (non-hydrogen) atoms. The average molecular weight is 359 g/mol. The molecule has 1 aromatic heterocycles. The lowest BCUT2D eigenvalue weighted by molar-refractivity contribution is -0.387. The third kappa shape index (κ3) is 3.38. The van der Waals surface area contributed by atoms with Gasteiger partial charge in [-0.15, -0.1) is 0 Å². The Hall–Kier alpha value is -4.00. The van der Waals surface area contributed by atoms with E-state index in [1.54, 1.807) is 30.3 Å². The Balaban J connectivity index is 1.76. The second-order valence-corrected chi connectivity index (χ2v) is 5.58. The molecular weight excluding hydrogens is 346 g/mol. The van der Waals surface area contributed by atoms with Gasteiger partial charge in [0.15, 0.2) is 0 Å². The molecule has 0 aliphatic heterocycles. The Morgan fingerprint density at radius 2 is 1.44 bits per heavy atom. The fraction of sp³-hybridized carbons (Fsp3) is 0. The first-order chi connectivity index (χ1) is 13.2. The monoisotopic (exact) mass is 359 g/mol. The third-order valence-corrected chi connectivity index (χ3v) is 3.85. The highest BCUT2D eigenvalue weighted by molar-refractivity contribution is 5.88. The van der Waals surface area contributed by atoms with Crippen LogP contribution >= 0.6 is 0 Å². The van der Waals surface area contributed by atoms with Crippen LogP contribution in [0, 0.1) is 10.1 Å². The normalized spacial score (nSPS) is 10.5. The molecule has 0 saturated carbocycles. The minimum absolute atomic E-state index is 0.183. The maximum atomic E-state index is 11.7. The molecule has 0 spiro atoms. The summed E-state index contributed by atoms with van der Waals surface area (Å²) in [4.78, 5) is 18.9. The van der Waals surface area contributed by atoms with Crippen LogP contribution in [-0.2, 0) is 0 Å². The minimum Gasteiger partial charge on any atom is -0.433 e. The predicted molar refractivity (Wildman–Crippen MR) is 99.2 cm³/mol. The first-order valence-electron chi connectivity index (χ1n) is 8.10. The summed E-state index contributed by atoms with van der Waals surface area (Å²) in [5.74, 6) is 0.518. The van der Waals surface area contributed by atoms with Gasteiger partial charge in [-0.1, -0.05) is 54.6 Å². The lowest BCUT2D eigenvalue weighted by atomic mass is 10.1. The number of hydrogen-bond donors (Lipinski definition) is 0. The van der Waals surface area contributed by atoms with E-state index in [0.29, 0.717) is 11.5 Å². The van der Waals surface area contributed by atoms with Crippen LogP contribution in [0.2, 0.25) is 0 Å². The highest BCUT2D eigenvalue weighted by atomic mass is 16.6. The number of ether oxygens (including phenoxy) is 2. The molecule has 0 radical (unpaired) electrons. The molecule has 7 nitrogen and oxygen atoms in total. The minimum atomic E-state index is -0.612. The Morgan fingerprint density at radius 1 is 0.778 bits per heavy atom. The lowest BCUT2D eigenvalue weighted by Crippen LogP contribution is -2.01. The van der Waals surface area contributed by atoms with Crippen LogP contribution in [0.5, 0.6) is 23.3 Å². The van der Waals surface area contributed by atoms with Gasteiger partial charge in [0.25, 0.3) is 0 Å². The fourth-order valence-electron chi connectivity index (χ4n) is 2.64. The predicted octanol–water partition coefficient (Wildman–Crippen LogP) is 5.12. The van der Waals surface area contributed by atoms with E-state index in [1.165, 1.54) is 6.33 Å².